The smallest absolute Gasteiger partial charge is 0.155 e. The summed E-state index contributed by atoms with van der Waals surface area (Å²) in [5.74, 6) is 0. The number of hydrogen-bond donors (Lipinski definition) is 1. The van der Waals surface area contributed by atoms with Gasteiger partial charge in [0, 0.05) is 0 Å². The van der Waals surface area contributed by atoms with E-state index in [0.717, 1.165) is 0 Å². The lowest BCUT2D eigenvalue weighted by Crippen LogP contribution is -2.32. The number of nitrogens with zero attached hydrogens (tertiary/aromatic N) is 1. The Kier molecular flexibility index (Phi) is 2.94. The van der Waals surface area contributed by atoms with Crippen LogP contribution in [-0.2, 0) is 4.84 Å². The number of hydroxylamine groups is 2. The first-order valence-corrected chi connectivity index (χ1v) is 7.11. The number of nitrogens with two attached hydrogens (primary N) is 1. The lowest BCUT2D eigenvalue weighted by molar-refractivity contribution is -0.144. The molecule has 0 aromatic carbocycles. The van der Waals surface area contributed by atoms with Gasteiger partial charge in [-0.1, -0.05) is 12.8 Å². The molecule has 1 aliphatic heterocycles. The highest BCUT2D eigenvalue weighted by Gasteiger charge is 2.32. The molecular formula is C13H18N2OS. The fraction of sp³-hybridized carbons (Fsp3) is 0.538. The van der Waals surface area contributed by atoms with Crippen LogP contribution in [0.25, 0.3) is 5.70 Å². The monoisotopic (exact) mass is 250 g/mol. The highest BCUT2D eigenvalue weighted by atomic mass is 32.1. The number of rotatable bonds is 2. The van der Waals surface area contributed by atoms with E-state index in [2.05, 4.69) is 23.4 Å². The Morgan fingerprint density at radius 1 is 1.41 bits per heavy atom. The second-order valence-corrected chi connectivity index (χ2v) is 5.73. The predicted octanol–water partition coefficient (Wildman–Crippen LogP) is 2.87. The maximum absolute atomic E-state index is 5.90. The maximum atomic E-state index is 5.90. The molecule has 2 heterocycles. The summed E-state index contributed by atoms with van der Waals surface area (Å²) in [6, 6.07) is 2.66. The van der Waals surface area contributed by atoms with Gasteiger partial charge >= 0.3 is 0 Å². The minimum atomic E-state index is -0.285. The normalized spacial score (nSPS) is 25.6. The van der Waals surface area contributed by atoms with Crippen molar-refractivity contribution in [2.24, 2.45) is 5.73 Å². The molecule has 3 rings (SSSR count). The van der Waals surface area contributed by atoms with Gasteiger partial charge in [-0.25, -0.2) is 5.06 Å². The van der Waals surface area contributed by atoms with Crippen LogP contribution in [0.3, 0.4) is 0 Å². The van der Waals surface area contributed by atoms with Crippen molar-refractivity contribution in [3.63, 3.8) is 0 Å². The van der Waals surface area contributed by atoms with E-state index in [-0.39, 0.29) is 6.23 Å². The summed E-state index contributed by atoms with van der Waals surface area (Å²) < 4.78 is 0. The molecule has 0 saturated heterocycles. The van der Waals surface area contributed by atoms with Crippen molar-refractivity contribution >= 4 is 17.0 Å². The third kappa shape index (κ3) is 2.01. The lowest BCUT2D eigenvalue weighted by atomic mass is 10.2. The summed E-state index contributed by atoms with van der Waals surface area (Å²) >= 11 is 1.77. The maximum Gasteiger partial charge on any atom is 0.155 e. The molecule has 1 fully saturated rings. The van der Waals surface area contributed by atoms with Crippen molar-refractivity contribution < 1.29 is 4.84 Å². The van der Waals surface area contributed by atoms with Gasteiger partial charge in [-0.05, 0) is 42.9 Å². The molecule has 0 amide bonds. The summed E-state index contributed by atoms with van der Waals surface area (Å²) in [5.41, 5.74) is 8.39. The second-order valence-electron chi connectivity index (χ2n) is 4.82. The zero-order valence-electron chi connectivity index (χ0n) is 10.1. The largest absolute Gasteiger partial charge is 0.301 e. The second kappa shape index (κ2) is 4.44. The van der Waals surface area contributed by atoms with Crippen molar-refractivity contribution in [1.82, 2.24) is 5.06 Å². The van der Waals surface area contributed by atoms with Crippen molar-refractivity contribution in [3.8, 4) is 0 Å². The highest BCUT2D eigenvalue weighted by molar-refractivity contribution is 7.11. The Balaban J connectivity index is 1.90. The first-order chi connectivity index (χ1) is 8.25. The Morgan fingerprint density at radius 3 is 2.82 bits per heavy atom. The van der Waals surface area contributed by atoms with Gasteiger partial charge in [0.05, 0.1) is 16.6 Å². The molecule has 92 valence electrons. The van der Waals surface area contributed by atoms with Crippen molar-refractivity contribution in [2.45, 2.75) is 44.9 Å². The van der Waals surface area contributed by atoms with Gasteiger partial charge < -0.3 is 5.73 Å². The molecule has 1 aromatic rings. The van der Waals surface area contributed by atoms with Gasteiger partial charge in [-0.2, -0.15) is 0 Å². The average Bonchev–Trinajstić information content (AvgIpc) is 2.97. The molecule has 2 aliphatic rings. The van der Waals surface area contributed by atoms with Gasteiger partial charge in [0.15, 0.2) is 6.23 Å². The SMILES string of the molecule is Cc1ccsc1C1=CC(N)ON1C1CCCC1. The number of hydrogen-bond acceptors (Lipinski definition) is 4. The average molecular weight is 250 g/mol. The fourth-order valence-electron chi connectivity index (χ4n) is 2.68. The van der Waals surface area contributed by atoms with Crippen molar-refractivity contribution in [3.05, 3.63) is 28.0 Å². The first-order valence-electron chi connectivity index (χ1n) is 6.23. The van der Waals surface area contributed by atoms with E-state index in [9.17, 15) is 0 Å². The molecule has 3 nitrogen and oxygen atoms in total. The van der Waals surface area contributed by atoms with Gasteiger partial charge in [-0.3, -0.25) is 4.84 Å². The van der Waals surface area contributed by atoms with E-state index >= 15 is 0 Å². The Morgan fingerprint density at radius 2 is 2.18 bits per heavy atom. The molecule has 0 radical (unpaired) electrons. The molecule has 2 N–H and O–H groups in total. The Bertz CT molecular complexity index is 434. The third-order valence-corrected chi connectivity index (χ3v) is 4.58. The van der Waals surface area contributed by atoms with E-state index in [0.29, 0.717) is 6.04 Å². The summed E-state index contributed by atoms with van der Waals surface area (Å²) in [6.07, 6.45) is 6.79. The molecular weight excluding hydrogens is 232 g/mol. The van der Waals surface area contributed by atoms with E-state index in [4.69, 9.17) is 10.6 Å². The minimum Gasteiger partial charge on any atom is -0.301 e. The summed E-state index contributed by atoms with van der Waals surface area (Å²) in [6.45, 7) is 2.14. The van der Waals surface area contributed by atoms with Crippen LogP contribution in [0, 0.1) is 6.92 Å². The van der Waals surface area contributed by atoms with Gasteiger partial charge in [0.1, 0.15) is 0 Å². The Hall–Kier alpha value is -0.840. The molecule has 1 unspecified atom stereocenters. The lowest BCUT2D eigenvalue weighted by Gasteiger charge is -2.27. The van der Waals surface area contributed by atoms with Crippen LogP contribution in [0.1, 0.15) is 36.1 Å². The van der Waals surface area contributed by atoms with Crippen LogP contribution in [0.15, 0.2) is 17.5 Å². The van der Waals surface area contributed by atoms with Gasteiger partial charge in [-0.15, -0.1) is 11.3 Å². The highest BCUT2D eigenvalue weighted by Crippen LogP contribution is 2.37. The zero-order valence-corrected chi connectivity index (χ0v) is 10.9. The van der Waals surface area contributed by atoms with Gasteiger partial charge in [0.2, 0.25) is 0 Å². The van der Waals surface area contributed by atoms with Crippen LogP contribution >= 0.6 is 11.3 Å². The summed E-state index contributed by atoms with van der Waals surface area (Å²) in [7, 11) is 0. The van der Waals surface area contributed by atoms with Crippen LogP contribution in [-0.4, -0.2) is 17.3 Å². The van der Waals surface area contributed by atoms with E-state index in [1.54, 1.807) is 11.3 Å². The van der Waals surface area contributed by atoms with Gasteiger partial charge in [0.25, 0.3) is 0 Å². The third-order valence-electron chi connectivity index (χ3n) is 3.55. The molecule has 1 atom stereocenters. The summed E-state index contributed by atoms with van der Waals surface area (Å²) in [4.78, 5) is 7.06. The molecule has 1 aromatic heterocycles. The standard InChI is InChI=1S/C13H18N2OS/c1-9-6-7-17-13(9)11-8-12(14)16-15(11)10-4-2-3-5-10/h6-8,10,12H,2-5,14H2,1H3. The van der Waals surface area contributed by atoms with Crippen LogP contribution in [0.2, 0.25) is 0 Å². The van der Waals surface area contributed by atoms with E-state index in [1.807, 2.05) is 6.08 Å². The van der Waals surface area contributed by atoms with Crippen LogP contribution < -0.4 is 5.73 Å². The number of thiophene rings is 1. The zero-order chi connectivity index (χ0) is 11.8. The van der Waals surface area contributed by atoms with Crippen LogP contribution in [0.5, 0.6) is 0 Å². The van der Waals surface area contributed by atoms with Crippen molar-refractivity contribution in [1.29, 1.82) is 0 Å². The quantitative estimate of drug-likeness (QED) is 0.877. The minimum absolute atomic E-state index is 0.285. The molecule has 1 saturated carbocycles. The van der Waals surface area contributed by atoms with Crippen LogP contribution in [0.4, 0.5) is 0 Å². The topological polar surface area (TPSA) is 38.5 Å². The molecule has 1 aliphatic carbocycles. The number of aryl methyl sites for hydroxylation is 1. The predicted molar refractivity (Wildman–Crippen MR) is 70.2 cm³/mol. The van der Waals surface area contributed by atoms with E-state index < -0.39 is 0 Å². The fourth-order valence-corrected chi connectivity index (χ4v) is 3.62. The van der Waals surface area contributed by atoms with Crippen molar-refractivity contribution in [2.75, 3.05) is 0 Å². The molecule has 4 heteroatoms. The first kappa shape index (κ1) is 11.3. The molecule has 0 bridgehead atoms. The van der Waals surface area contributed by atoms with E-state index in [1.165, 1.54) is 41.8 Å². The molecule has 0 spiro atoms. The Labute approximate surface area is 106 Å². The summed E-state index contributed by atoms with van der Waals surface area (Å²) in [5, 5.41) is 4.19. The molecule has 17 heavy (non-hydrogen) atoms.